The molecule has 1 atom stereocenters. The Labute approximate surface area is 112 Å². The summed E-state index contributed by atoms with van der Waals surface area (Å²) in [7, 11) is 0. The molecule has 0 aromatic heterocycles. The molecule has 1 rings (SSSR count). The third kappa shape index (κ3) is 3.92. The minimum atomic E-state index is -1.23. The van der Waals surface area contributed by atoms with Crippen LogP contribution in [0.4, 0.5) is 4.39 Å². The fraction of sp³-hybridized carbons (Fsp3) is 0.500. The summed E-state index contributed by atoms with van der Waals surface area (Å²) in [4.78, 5) is 11.0. The van der Waals surface area contributed by atoms with E-state index >= 15 is 0 Å². The largest absolute Gasteiger partial charge is 0.491 e. The highest BCUT2D eigenvalue weighted by Crippen LogP contribution is 2.20. The van der Waals surface area contributed by atoms with Crippen molar-refractivity contribution in [2.24, 2.45) is 5.73 Å². The number of rotatable bonds is 7. The third-order valence-electron chi connectivity index (χ3n) is 3.24. The topological polar surface area (TPSA) is 72.5 Å². The highest BCUT2D eigenvalue weighted by Gasteiger charge is 2.31. The number of hydrogen-bond donors (Lipinski definition) is 2. The minimum Gasteiger partial charge on any atom is -0.491 e. The molecule has 1 aromatic rings. The second-order valence-electron chi connectivity index (χ2n) is 4.65. The van der Waals surface area contributed by atoms with Gasteiger partial charge in [-0.1, -0.05) is 19.1 Å². The molecule has 0 radical (unpaired) electrons. The van der Waals surface area contributed by atoms with Gasteiger partial charge in [-0.2, -0.15) is 0 Å². The predicted octanol–water partition coefficient (Wildman–Crippen LogP) is 2.49. The van der Waals surface area contributed by atoms with Crippen molar-refractivity contribution in [3.05, 3.63) is 29.6 Å². The number of aryl methyl sites for hydroxylation is 1. The zero-order chi connectivity index (χ0) is 14.5. The van der Waals surface area contributed by atoms with Gasteiger partial charge in [0.2, 0.25) is 0 Å². The summed E-state index contributed by atoms with van der Waals surface area (Å²) in [5.74, 6) is -1.21. The van der Waals surface area contributed by atoms with Gasteiger partial charge in [-0.25, -0.2) is 4.39 Å². The first-order chi connectivity index (χ1) is 8.90. The number of carboxylic acids is 1. The van der Waals surface area contributed by atoms with Crippen LogP contribution in [0.15, 0.2) is 18.2 Å². The Hall–Kier alpha value is -1.62. The number of halogens is 1. The van der Waals surface area contributed by atoms with Gasteiger partial charge >= 0.3 is 5.97 Å². The molecule has 5 heteroatoms. The van der Waals surface area contributed by atoms with Crippen LogP contribution in [-0.2, 0) is 4.79 Å². The Balaban J connectivity index is 2.47. The monoisotopic (exact) mass is 269 g/mol. The molecule has 0 fully saturated rings. The van der Waals surface area contributed by atoms with Crippen molar-refractivity contribution in [2.45, 2.75) is 38.6 Å². The summed E-state index contributed by atoms with van der Waals surface area (Å²) < 4.78 is 18.9. The molecular weight excluding hydrogens is 249 g/mol. The van der Waals surface area contributed by atoms with Gasteiger partial charge < -0.3 is 15.6 Å². The maximum absolute atomic E-state index is 13.6. The van der Waals surface area contributed by atoms with Crippen LogP contribution in [-0.4, -0.2) is 23.2 Å². The molecule has 4 nitrogen and oxygen atoms in total. The van der Waals surface area contributed by atoms with Crippen LogP contribution in [0.2, 0.25) is 0 Å². The number of nitrogens with two attached hydrogens (primary N) is 1. The van der Waals surface area contributed by atoms with Crippen molar-refractivity contribution >= 4 is 5.97 Å². The lowest BCUT2D eigenvalue weighted by Gasteiger charge is -2.22. The molecule has 3 N–H and O–H groups in total. The molecule has 0 saturated heterocycles. The van der Waals surface area contributed by atoms with E-state index in [2.05, 4.69) is 0 Å². The summed E-state index contributed by atoms with van der Waals surface area (Å²) in [6.45, 7) is 3.64. The van der Waals surface area contributed by atoms with Crippen LogP contribution in [0.1, 0.15) is 31.7 Å². The van der Waals surface area contributed by atoms with Gasteiger partial charge in [-0.05, 0) is 37.8 Å². The maximum atomic E-state index is 13.6. The van der Waals surface area contributed by atoms with Crippen LogP contribution in [0, 0.1) is 12.7 Å². The number of benzene rings is 1. The van der Waals surface area contributed by atoms with E-state index < -0.39 is 11.5 Å². The van der Waals surface area contributed by atoms with Gasteiger partial charge in [0.05, 0.1) is 6.61 Å². The average Bonchev–Trinajstić information content (AvgIpc) is 2.38. The molecule has 0 aliphatic heterocycles. The molecule has 0 saturated carbocycles. The standard InChI is InChI=1S/C14H20FNO3/c1-3-14(16,13(17)18)8-5-9-19-11-7-4-6-10(2)12(11)15/h4,6-7H,3,5,8-9,16H2,1-2H3,(H,17,18). The van der Waals surface area contributed by atoms with E-state index in [1.165, 1.54) is 0 Å². The minimum absolute atomic E-state index is 0.189. The Morgan fingerprint density at radius 2 is 2.21 bits per heavy atom. The lowest BCUT2D eigenvalue weighted by Crippen LogP contribution is -2.47. The molecule has 0 spiro atoms. The van der Waals surface area contributed by atoms with Crippen molar-refractivity contribution in [3.8, 4) is 5.75 Å². The van der Waals surface area contributed by atoms with Crippen LogP contribution < -0.4 is 10.5 Å². The van der Waals surface area contributed by atoms with Gasteiger partial charge in [0.1, 0.15) is 5.54 Å². The normalized spacial score (nSPS) is 13.9. The summed E-state index contributed by atoms with van der Waals surface area (Å²) in [6.07, 6.45) is 1.11. The van der Waals surface area contributed by atoms with E-state index in [0.29, 0.717) is 24.8 Å². The van der Waals surface area contributed by atoms with Crippen molar-refractivity contribution in [3.63, 3.8) is 0 Å². The molecule has 0 aliphatic rings. The van der Waals surface area contributed by atoms with Crippen LogP contribution >= 0.6 is 0 Å². The van der Waals surface area contributed by atoms with Gasteiger partial charge in [0.15, 0.2) is 11.6 Å². The molecule has 1 aromatic carbocycles. The fourth-order valence-corrected chi connectivity index (χ4v) is 1.74. The Morgan fingerprint density at radius 1 is 1.53 bits per heavy atom. The highest BCUT2D eigenvalue weighted by molar-refractivity contribution is 5.78. The van der Waals surface area contributed by atoms with Crippen LogP contribution in [0.3, 0.4) is 0 Å². The second kappa shape index (κ2) is 6.52. The zero-order valence-corrected chi connectivity index (χ0v) is 11.3. The first kappa shape index (κ1) is 15.4. The van der Waals surface area contributed by atoms with E-state index in [1.807, 2.05) is 0 Å². The van der Waals surface area contributed by atoms with E-state index in [9.17, 15) is 9.18 Å². The summed E-state index contributed by atoms with van der Waals surface area (Å²) in [5.41, 5.74) is 5.04. The average molecular weight is 269 g/mol. The molecule has 106 valence electrons. The number of hydrogen-bond acceptors (Lipinski definition) is 3. The number of carboxylic acid groups (broad SMARTS) is 1. The first-order valence-corrected chi connectivity index (χ1v) is 6.31. The lowest BCUT2D eigenvalue weighted by molar-refractivity contribution is -0.143. The van der Waals surface area contributed by atoms with Crippen molar-refractivity contribution in [2.75, 3.05) is 6.61 Å². The number of aliphatic carboxylic acids is 1. The highest BCUT2D eigenvalue weighted by atomic mass is 19.1. The molecule has 0 heterocycles. The Morgan fingerprint density at radius 3 is 2.79 bits per heavy atom. The van der Waals surface area contributed by atoms with Crippen molar-refractivity contribution in [1.82, 2.24) is 0 Å². The summed E-state index contributed by atoms with van der Waals surface area (Å²) >= 11 is 0. The molecule has 0 aliphatic carbocycles. The van der Waals surface area contributed by atoms with Gasteiger partial charge in [-0.15, -0.1) is 0 Å². The van der Waals surface area contributed by atoms with Gasteiger partial charge in [0.25, 0.3) is 0 Å². The maximum Gasteiger partial charge on any atom is 0.323 e. The van der Waals surface area contributed by atoms with Gasteiger partial charge in [-0.3, -0.25) is 4.79 Å². The second-order valence-corrected chi connectivity index (χ2v) is 4.65. The van der Waals surface area contributed by atoms with Gasteiger partial charge in [0, 0.05) is 0 Å². The quantitative estimate of drug-likeness (QED) is 0.746. The van der Waals surface area contributed by atoms with E-state index in [4.69, 9.17) is 15.6 Å². The smallest absolute Gasteiger partial charge is 0.323 e. The van der Waals surface area contributed by atoms with Crippen molar-refractivity contribution in [1.29, 1.82) is 0 Å². The first-order valence-electron chi connectivity index (χ1n) is 6.31. The summed E-state index contributed by atoms with van der Waals surface area (Å²) in [6, 6.07) is 4.92. The molecule has 19 heavy (non-hydrogen) atoms. The van der Waals surface area contributed by atoms with Crippen LogP contribution in [0.5, 0.6) is 5.75 Å². The van der Waals surface area contributed by atoms with Crippen LogP contribution in [0.25, 0.3) is 0 Å². The molecular formula is C14H20FNO3. The van der Waals surface area contributed by atoms with E-state index in [0.717, 1.165) is 0 Å². The zero-order valence-electron chi connectivity index (χ0n) is 11.3. The molecule has 0 bridgehead atoms. The Bertz CT molecular complexity index is 450. The van der Waals surface area contributed by atoms with E-state index in [1.54, 1.807) is 32.0 Å². The molecule has 1 unspecified atom stereocenters. The van der Waals surface area contributed by atoms with E-state index in [-0.39, 0.29) is 18.2 Å². The number of ether oxygens (including phenoxy) is 1. The Kier molecular flexibility index (Phi) is 5.30. The number of carbonyl (C=O) groups is 1. The predicted molar refractivity (Wildman–Crippen MR) is 70.7 cm³/mol. The SMILES string of the molecule is CCC(N)(CCCOc1cccc(C)c1F)C(=O)O. The fourth-order valence-electron chi connectivity index (χ4n) is 1.74. The third-order valence-corrected chi connectivity index (χ3v) is 3.24. The lowest BCUT2D eigenvalue weighted by atomic mass is 9.92. The van der Waals surface area contributed by atoms with Crippen molar-refractivity contribution < 1.29 is 19.0 Å². The summed E-state index contributed by atoms with van der Waals surface area (Å²) in [5, 5.41) is 9.00. The molecule has 0 amide bonds.